The summed E-state index contributed by atoms with van der Waals surface area (Å²) >= 11 is 18.1. The molecule has 0 saturated heterocycles. The second-order valence-electron chi connectivity index (χ2n) is 6.04. The first kappa shape index (κ1) is 21.0. The van der Waals surface area contributed by atoms with Crippen LogP contribution in [0.2, 0.25) is 15.1 Å². The maximum atomic E-state index is 12.3. The van der Waals surface area contributed by atoms with Crippen LogP contribution in [0, 0.1) is 0 Å². The van der Waals surface area contributed by atoms with E-state index in [9.17, 15) is 9.59 Å². The Morgan fingerprint density at radius 3 is 2.24 bits per heavy atom. The molecule has 29 heavy (non-hydrogen) atoms. The van der Waals surface area contributed by atoms with Crippen molar-refractivity contribution in [2.75, 3.05) is 5.32 Å². The lowest BCUT2D eigenvalue weighted by Gasteiger charge is -2.10. The van der Waals surface area contributed by atoms with Crippen molar-refractivity contribution in [3.05, 3.63) is 86.9 Å². The van der Waals surface area contributed by atoms with Crippen molar-refractivity contribution in [1.29, 1.82) is 0 Å². The standard InChI is InChI=1S/C21H14Cl3NO4/c22-13-2-7-16(17(23)11-13)21(28)25-14-3-5-15(6-4-14)29-19-8-1-12(9-18(19)24)10-20(26)27/h1-9,11H,10H2,(H,25,28)(H,26,27). The van der Waals surface area contributed by atoms with E-state index in [0.29, 0.717) is 38.4 Å². The van der Waals surface area contributed by atoms with Crippen molar-refractivity contribution in [3.63, 3.8) is 0 Å². The Labute approximate surface area is 181 Å². The molecule has 0 saturated carbocycles. The number of carbonyl (C=O) groups is 2. The van der Waals surface area contributed by atoms with Crippen molar-refractivity contribution >= 4 is 52.4 Å². The van der Waals surface area contributed by atoms with E-state index in [4.69, 9.17) is 44.6 Å². The molecule has 0 aromatic heterocycles. The first-order valence-corrected chi connectivity index (χ1v) is 9.50. The molecule has 3 aromatic carbocycles. The van der Waals surface area contributed by atoms with Crippen LogP contribution in [-0.4, -0.2) is 17.0 Å². The highest BCUT2D eigenvalue weighted by molar-refractivity contribution is 6.37. The number of halogens is 3. The summed E-state index contributed by atoms with van der Waals surface area (Å²) in [6, 6.07) is 16.1. The van der Waals surface area contributed by atoms with Gasteiger partial charge in [-0.3, -0.25) is 9.59 Å². The molecule has 0 aliphatic heterocycles. The second kappa shape index (κ2) is 9.18. The lowest BCUT2D eigenvalue weighted by atomic mass is 10.1. The van der Waals surface area contributed by atoms with E-state index in [0.717, 1.165) is 0 Å². The van der Waals surface area contributed by atoms with Crippen LogP contribution in [0.25, 0.3) is 0 Å². The van der Waals surface area contributed by atoms with E-state index in [1.165, 1.54) is 6.07 Å². The van der Waals surface area contributed by atoms with Crippen molar-refractivity contribution in [1.82, 2.24) is 0 Å². The molecule has 0 aliphatic carbocycles. The fraction of sp³-hybridized carbons (Fsp3) is 0.0476. The van der Waals surface area contributed by atoms with Gasteiger partial charge in [-0.15, -0.1) is 0 Å². The van der Waals surface area contributed by atoms with E-state index in [-0.39, 0.29) is 17.4 Å². The number of carboxylic acid groups (broad SMARTS) is 1. The zero-order valence-electron chi connectivity index (χ0n) is 14.8. The zero-order chi connectivity index (χ0) is 21.0. The summed E-state index contributed by atoms with van der Waals surface area (Å²) in [7, 11) is 0. The minimum atomic E-state index is -0.938. The molecule has 0 spiro atoms. The van der Waals surface area contributed by atoms with Crippen molar-refractivity contribution in [2.45, 2.75) is 6.42 Å². The second-order valence-corrected chi connectivity index (χ2v) is 7.29. The third kappa shape index (κ3) is 5.64. The predicted octanol–water partition coefficient (Wildman–Crippen LogP) is 6.32. The minimum absolute atomic E-state index is 0.119. The number of nitrogens with one attached hydrogen (secondary N) is 1. The first-order chi connectivity index (χ1) is 13.8. The van der Waals surface area contributed by atoms with Gasteiger partial charge in [0, 0.05) is 10.7 Å². The van der Waals surface area contributed by atoms with Crippen LogP contribution in [0.4, 0.5) is 5.69 Å². The number of anilines is 1. The molecule has 0 atom stereocenters. The van der Waals surface area contributed by atoms with Crippen molar-refractivity contribution in [2.24, 2.45) is 0 Å². The monoisotopic (exact) mass is 449 g/mol. The van der Waals surface area contributed by atoms with E-state index in [2.05, 4.69) is 5.32 Å². The molecular weight excluding hydrogens is 437 g/mol. The fourth-order valence-electron chi connectivity index (χ4n) is 2.52. The molecule has 0 bridgehead atoms. The number of carbonyl (C=O) groups excluding carboxylic acids is 1. The third-order valence-electron chi connectivity index (χ3n) is 3.87. The quantitative estimate of drug-likeness (QED) is 0.461. The third-order valence-corrected chi connectivity index (χ3v) is 4.71. The maximum absolute atomic E-state index is 12.3. The number of hydrogen-bond donors (Lipinski definition) is 2. The molecule has 0 heterocycles. The number of carboxylic acids is 1. The lowest BCUT2D eigenvalue weighted by Crippen LogP contribution is -2.12. The molecule has 2 N–H and O–H groups in total. The number of aliphatic carboxylic acids is 1. The normalized spacial score (nSPS) is 10.4. The number of ether oxygens (including phenoxy) is 1. The van der Waals surface area contributed by atoms with Crippen LogP contribution in [-0.2, 0) is 11.2 Å². The van der Waals surface area contributed by atoms with Crippen LogP contribution >= 0.6 is 34.8 Å². The molecule has 8 heteroatoms. The predicted molar refractivity (Wildman–Crippen MR) is 114 cm³/mol. The van der Waals surface area contributed by atoms with Crippen molar-refractivity contribution < 1.29 is 19.4 Å². The average molecular weight is 451 g/mol. The molecule has 3 rings (SSSR count). The SMILES string of the molecule is O=C(O)Cc1ccc(Oc2ccc(NC(=O)c3ccc(Cl)cc3Cl)cc2)c(Cl)c1. The Morgan fingerprint density at radius 1 is 0.897 bits per heavy atom. The maximum Gasteiger partial charge on any atom is 0.307 e. The summed E-state index contributed by atoms with van der Waals surface area (Å²) < 4.78 is 5.72. The Balaban J connectivity index is 1.67. The Bertz CT molecular complexity index is 1070. The van der Waals surface area contributed by atoms with Crippen LogP contribution in [0.15, 0.2) is 60.7 Å². The molecule has 1 amide bonds. The highest BCUT2D eigenvalue weighted by Crippen LogP contribution is 2.31. The van der Waals surface area contributed by atoms with Gasteiger partial charge >= 0.3 is 5.97 Å². The fourth-order valence-corrected chi connectivity index (χ4v) is 3.25. The lowest BCUT2D eigenvalue weighted by molar-refractivity contribution is -0.136. The molecule has 3 aromatic rings. The Morgan fingerprint density at radius 2 is 1.62 bits per heavy atom. The number of amides is 1. The molecule has 0 aliphatic rings. The van der Waals surface area contributed by atoms with Gasteiger partial charge in [-0.2, -0.15) is 0 Å². The molecule has 0 fully saturated rings. The van der Waals surface area contributed by atoms with Gasteiger partial charge in [0.25, 0.3) is 5.91 Å². The van der Waals surface area contributed by atoms with E-state index in [1.807, 2.05) is 0 Å². The van der Waals surface area contributed by atoms with Gasteiger partial charge in [-0.05, 0) is 60.2 Å². The smallest absolute Gasteiger partial charge is 0.307 e. The largest absolute Gasteiger partial charge is 0.481 e. The van der Waals surface area contributed by atoms with Crippen LogP contribution in [0.3, 0.4) is 0 Å². The van der Waals surface area contributed by atoms with Gasteiger partial charge in [0.05, 0.1) is 22.0 Å². The summed E-state index contributed by atoms with van der Waals surface area (Å²) in [5.74, 6) is -0.407. The summed E-state index contributed by atoms with van der Waals surface area (Å²) in [6.45, 7) is 0. The first-order valence-electron chi connectivity index (χ1n) is 8.36. The van der Waals surface area contributed by atoms with E-state index in [1.54, 1.807) is 54.6 Å². The zero-order valence-corrected chi connectivity index (χ0v) is 17.1. The Kier molecular flexibility index (Phi) is 6.64. The number of hydrogen-bond acceptors (Lipinski definition) is 3. The van der Waals surface area contributed by atoms with Gasteiger partial charge < -0.3 is 15.2 Å². The van der Waals surface area contributed by atoms with Crippen LogP contribution < -0.4 is 10.1 Å². The summed E-state index contributed by atoms with van der Waals surface area (Å²) in [6.07, 6.45) is -0.119. The van der Waals surface area contributed by atoms with Crippen LogP contribution in [0.5, 0.6) is 11.5 Å². The van der Waals surface area contributed by atoms with Gasteiger partial charge in [-0.25, -0.2) is 0 Å². The number of rotatable bonds is 6. The minimum Gasteiger partial charge on any atom is -0.481 e. The Hall–Kier alpha value is -2.73. The van der Waals surface area contributed by atoms with E-state index < -0.39 is 5.97 Å². The van der Waals surface area contributed by atoms with Gasteiger partial charge in [0.1, 0.15) is 11.5 Å². The van der Waals surface area contributed by atoms with Crippen molar-refractivity contribution in [3.8, 4) is 11.5 Å². The average Bonchev–Trinajstić information content (AvgIpc) is 2.65. The molecular formula is C21H14Cl3NO4. The molecule has 5 nitrogen and oxygen atoms in total. The number of benzene rings is 3. The highest BCUT2D eigenvalue weighted by Gasteiger charge is 2.12. The molecule has 148 valence electrons. The summed E-state index contributed by atoms with van der Waals surface area (Å²) in [5, 5.41) is 12.6. The van der Waals surface area contributed by atoms with E-state index >= 15 is 0 Å². The molecule has 0 unspecified atom stereocenters. The molecule has 0 radical (unpaired) electrons. The van der Waals surface area contributed by atoms with Gasteiger partial charge in [0.15, 0.2) is 0 Å². The topological polar surface area (TPSA) is 75.6 Å². The van der Waals surface area contributed by atoms with Gasteiger partial charge in [0.2, 0.25) is 0 Å². The highest BCUT2D eigenvalue weighted by atomic mass is 35.5. The van der Waals surface area contributed by atoms with Gasteiger partial charge in [-0.1, -0.05) is 40.9 Å². The summed E-state index contributed by atoms with van der Waals surface area (Å²) in [4.78, 5) is 23.1. The van der Waals surface area contributed by atoms with Crippen LogP contribution in [0.1, 0.15) is 15.9 Å². The summed E-state index contributed by atoms with van der Waals surface area (Å²) in [5.41, 5.74) is 1.44.